The van der Waals surface area contributed by atoms with Gasteiger partial charge < -0.3 is 15.0 Å². The molecule has 37 heavy (non-hydrogen) atoms. The van der Waals surface area contributed by atoms with Crippen molar-refractivity contribution in [3.8, 4) is 10.4 Å². The number of carbonyl (C=O) groups is 1. The summed E-state index contributed by atoms with van der Waals surface area (Å²) in [5.41, 5.74) is 1.00. The maximum Gasteiger partial charge on any atom is 0.433 e. The summed E-state index contributed by atoms with van der Waals surface area (Å²) in [6.45, 7) is 4.01. The summed E-state index contributed by atoms with van der Waals surface area (Å²) in [6.07, 6.45) is 2.38. The molecular weight excluding hydrogens is 503 g/mol. The molecule has 3 heterocycles. The zero-order valence-corrected chi connectivity index (χ0v) is 21.3. The van der Waals surface area contributed by atoms with E-state index in [1.54, 1.807) is 11.3 Å². The van der Waals surface area contributed by atoms with Gasteiger partial charge in [0.1, 0.15) is 5.69 Å². The van der Waals surface area contributed by atoms with Crippen molar-refractivity contribution < 1.29 is 23.1 Å². The van der Waals surface area contributed by atoms with Gasteiger partial charge in [-0.05, 0) is 48.9 Å². The molecule has 0 radical (unpaired) electrons. The van der Waals surface area contributed by atoms with Gasteiger partial charge in [-0.15, -0.1) is 11.3 Å². The average molecular weight is 530 g/mol. The zero-order valence-electron chi connectivity index (χ0n) is 20.5. The van der Waals surface area contributed by atoms with Gasteiger partial charge in [-0.25, -0.2) is 15.0 Å². The number of carboxylic acids is 1. The molecular formula is C26H26F3N5O2S. The quantitative estimate of drug-likeness (QED) is 0.294. The molecule has 1 aliphatic rings. The molecule has 2 N–H and O–H groups in total. The van der Waals surface area contributed by atoms with E-state index in [4.69, 9.17) is 4.98 Å². The Hall–Kier alpha value is -3.47. The summed E-state index contributed by atoms with van der Waals surface area (Å²) in [5.74, 6) is -1.08. The van der Waals surface area contributed by atoms with Crippen LogP contribution in [0.4, 0.5) is 24.8 Å². The van der Waals surface area contributed by atoms with E-state index >= 15 is 0 Å². The van der Waals surface area contributed by atoms with Gasteiger partial charge in [0.25, 0.3) is 0 Å². The number of nitrogens with one attached hydrogen (secondary N) is 1. The van der Waals surface area contributed by atoms with E-state index in [1.807, 2.05) is 56.1 Å². The lowest BCUT2D eigenvalue weighted by Gasteiger charge is -2.39. The molecule has 0 saturated heterocycles. The monoisotopic (exact) mass is 529 g/mol. The van der Waals surface area contributed by atoms with Crippen LogP contribution < -0.4 is 5.32 Å². The van der Waals surface area contributed by atoms with E-state index in [1.165, 1.54) is 0 Å². The van der Waals surface area contributed by atoms with Gasteiger partial charge in [0.05, 0.1) is 21.3 Å². The van der Waals surface area contributed by atoms with Crippen molar-refractivity contribution in [1.29, 1.82) is 0 Å². The van der Waals surface area contributed by atoms with Crippen LogP contribution in [0.5, 0.6) is 0 Å². The normalized spacial score (nSPS) is 19.7. The molecule has 0 aliphatic heterocycles. The van der Waals surface area contributed by atoms with Crippen molar-refractivity contribution in [3.63, 3.8) is 0 Å². The lowest BCUT2D eigenvalue weighted by atomic mass is 9.65. The summed E-state index contributed by atoms with van der Waals surface area (Å²) >= 11 is 1.57. The number of rotatable bonds is 5. The van der Waals surface area contributed by atoms with Crippen LogP contribution in [0, 0.1) is 11.3 Å². The molecule has 194 valence electrons. The van der Waals surface area contributed by atoms with Crippen molar-refractivity contribution >= 4 is 39.8 Å². The number of benzene rings is 1. The minimum absolute atomic E-state index is 0.142. The van der Waals surface area contributed by atoms with Gasteiger partial charge in [-0.1, -0.05) is 13.8 Å². The van der Waals surface area contributed by atoms with E-state index in [0.29, 0.717) is 12.1 Å². The Morgan fingerprint density at radius 1 is 1.22 bits per heavy atom. The molecule has 2 atom stereocenters. The summed E-state index contributed by atoms with van der Waals surface area (Å²) in [5, 5.41) is 14.5. The molecule has 0 spiro atoms. The van der Waals surface area contributed by atoms with Crippen LogP contribution in [0.25, 0.3) is 21.3 Å². The summed E-state index contributed by atoms with van der Waals surface area (Å²) in [6, 6.07) is 6.55. The molecule has 1 aliphatic carbocycles. The third-order valence-corrected chi connectivity index (χ3v) is 8.35. The second-order valence-electron chi connectivity index (χ2n) is 10.2. The molecule has 0 amide bonds. The number of nitrogens with zero attached hydrogens (tertiary/aromatic N) is 4. The average Bonchev–Trinajstić information content (AvgIpc) is 3.45. The van der Waals surface area contributed by atoms with Crippen LogP contribution in [0.15, 0.2) is 42.9 Å². The predicted molar refractivity (Wildman–Crippen MR) is 136 cm³/mol. The first-order valence-corrected chi connectivity index (χ1v) is 12.7. The van der Waals surface area contributed by atoms with Gasteiger partial charge in [0.2, 0.25) is 5.95 Å². The maximum atomic E-state index is 13.1. The number of aromatic nitrogens is 4. The third-order valence-electron chi connectivity index (χ3n) is 7.16. The smallest absolute Gasteiger partial charge is 0.433 e. The first-order valence-electron chi connectivity index (χ1n) is 11.9. The second-order valence-corrected chi connectivity index (χ2v) is 11.3. The van der Waals surface area contributed by atoms with E-state index in [9.17, 15) is 23.1 Å². The topological polar surface area (TPSA) is 92.9 Å². The third kappa shape index (κ3) is 4.92. The number of alkyl halides is 3. The van der Waals surface area contributed by atoms with E-state index in [-0.39, 0.29) is 23.2 Å². The number of aliphatic carboxylic acids is 1. The standard InChI is InChI=1S/C26H26F3N5O2S/c1-25(2)12-14(4-5-18(25)23(35)36)22-31-13-20(37-22)17-10-15(11-19-16(17)7-9-34(19)3)32-24-30-8-6-21(33-24)26(27,28)29/h6-11,13-14,18H,4-5,12H2,1-3H3,(H,35,36)(H,30,32,33). The van der Waals surface area contributed by atoms with Crippen LogP contribution in [-0.2, 0) is 18.0 Å². The predicted octanol–water partition coefficient (Wildman–Crippen LogP) is 6.85. The number of aryl methyl sites for hydroxylation is 1. The lowest BCUT2D eigenvalue weighted by Crippen LogP contribution is -2.36. The minimum Gasteiger partial charge on any atom is -0.481 e. The molecule has 7 nitrogen and oxygen atoms in total. The molecule has 3 aromatic heterocycles. The van der Waals surface area contributed by atoms with Crippen LogP contribution in [0.3, 0.4) is 0 Å². The van der Waals surface area contributed by atoms with Crippen molar-refractivity contribution in [2.75, 3.05) is 5.32 Å². The highest BCUT2D eigenvalue weighted by Gasteiger charge is 2.42. The first kappa shape index (κ1) is 25.2. The fourth-order valence-electron chi connectivity index (χ4n) is 5.26. The molecule has 11 heteroatoms. The van der Waals surface area contributed by atoms with Crippen molar-refractivity contribution in [2.24, 2.45) is 18.4 Å². The van der Waals surface area contributed by atoms with Crippen LogP contribution in [-0.4, -0.2) is 30.6 Å². The van der Waals surface area contributed by atoms with Crippen molar-refractivity contribution in [3.05, 3.63) is 53.6 Å². The molecule has 1 aromatic carbocycles. The molecule has 1 fully saturated rings. The molecule has 4 aromatic rings. The van der Waals surface area contributed by atoms with Crippen molar-refractivity contribution in [2.45, 2.75) is 45.2 Å². The Labute approximate surface area is 215 Å². The number of hydrogen-bond donors (Lipinski definition) is 2. The Kier molecular flexibility index (Phi) is 6.21. The number of carboxylic acid groups (broad SMARTS) is 1. The minimum atomic E-state index is -4.57. The highest BCUT2D eigenvalue weighted by molar-refractivity contribution is 7.15. The largest absolute Gasteiger partial charge is 0.481 e. The molecule has 1 saturated carbocycles. The Morgan fingerprint density at radius 3 is 2.70 bits per heavy atom. The second kappa shape index (κ2) is 9.13. The number of anilines is 2. The van der Waals surface area contributed by atoms with Crippen LogP contribution in [0.1, 0.15) is 49.7 Å². The molecule has 0 bridgehead atoms. The number of hydrogen-bond acceptors (Lipinski definition) is 6. The molecule has 5 rings (SSSR count). The Bertz CT molecular complexity index is 1480. The molecule has 2 unspecified atom stereocenters. The Morgan fingerprint density at radius 2 is 2.00 bits per heavy atom. The van der Waals surface area contributed by atoms with Gasteiger partial charge in [0, 0.05) is 48.2 Å². The summed E-state index contributed by atoms with van der Waals surface area (Å²) in [4.78, 5) is 24.9. The van der Waals surface area contributed by atoms with Gasteiger partial charge in [-0.3, -0.25) is 4.79 Å². The number of halogens is 3. The van der Waals surface area contributed by atoms with E-state index < -0.39 is 17.8 Å². The first-order chi connectivity index (χ1) is 17.4. The van der Waals surface area contributed by atoms with Crippen LogP contribution >= 0.6 is 11.3 Å². The highest BCUT2D eigenvalue weighted by atomic mass is 32.1. The fraction of sp³-hybridized carbons (Fsp3) is 0.385. The SMILES string of the molecule is Cn1ccc2c(-c3cnc(C4CCC(C(=O)O)C(C)(C)C4)s3)cc(Nc3nccc(C(F)(F)F)n3)cc21. The van der Waals surface area contributed by atoms with Gasteiger partial charge >= 0.3 is 12.1 Å². The van der Waals surface area contributed by atoms with Gasteiger partial charge in [-0.2, -0.15) is 13.2 Å². The van der Waals surface area contributed by atoms with E-state index in [2.05, 4.69) is 15.3 Å². The van der Waals surface area contributed by atoms with Crippen LogP contribution in [0.2, 0.25) is 0 Å². The lowest BCUT2D eigenvalue weighted by molar-refractivity contribution is -0.148. The maximum absolute atomic E-state index is 13.1. The summed E-state index contributed by atoms with van der Waals surface area (Å²) < 4.78 is 41.3. The summed E-state index contributed by atoms with van der Waals surface area (Å²) in [7, 11) is 1.90. The zero-order chi connectivity index (χ0) is 26.5. The number of thiazole rings is 1. The van der Waals surface area contributed by atoms with Crippen molar-refractivity contribution in [1.82, 2.24) is 19.5 Å². The highest BCUT2D eigenvalue weighted by Crippen LogP contribution is 2.49. The van der Waals surface area contributed by atoms with Gasteiger partial charge in [0.15, 0.2) is 0 Å². The van der Waals surface area contributed by atoms with E-state index in [0.717, 1.165) is 51.5 Å². The number of fused-ring (bicyclic) bond motifs is 1. The Balaban J connectivity index is 1.48. The fourth-order valence-corrected chi connectivity index (χ4v) is 6.34.